The van der Waals surface area contributed by atoms with Gasteiger partial charge in [-0.15, -0.1) is 0 Å². The molecule has 0 amide bonds. The number of rotatable bonds is 4. The molecule has 3 aromatic carbocycles. The zero-order chi connectivity index (χ0) is 26.4. The van der Waals surface area contributed by atoms with Crippen LogP contribution in [0.5, 0.6) is 0 Å². The fourth-order valence-electron chi connectivity index (χ4n) is 5.56. The number of benzene rings is 3. The van der Waals surface area contributed by atoms with E-state index in [1.165, 1.54) is 35.0 Å². The van der Waals surface area contributed by atoms with Crippen molar-refractivity contribution in [2.45, 2.75) is 47.9 Å². The molecule has 1 atom stereocenters. The molecule has 1 saturated carbocycles. The van der Waals surface area contributed by atoms with Gasteiger partial charge in [0.25, 0.3) is 10.1 Å². The molecule has 5 rings (SSSR count). The van der Waals surface area contributed by atoms with Crippen molar-refractivity contribution in [2.24, 2.45) is 5.92 Å². The Kier molecular flexibility index (Phi) is 7.10. The molecule has 1 aliphatic carbocycles. The van der Waals surface area contributed by atoms with Crippen LogP contribution in [0.15, 0.2) is 76.5 Å². The summed E-state index contributed by atoms with van der Waals surface area (Å²) in [7, 11) is -6.71. The largest absolute Gasteiger partial charge is 0.339 e. The minimum absolute atomic E-state index is 0.105. The summed E-state index contributed by atoms with van der Waals surface area (Å²) < 4.78 is 62.7. The summed E-state index contributed by atoms with van der Waals surface area (Å²) in [4.78, 5) is 1.84. The maximum atomic E-state index is 14.1. The van der Waals surface area contributed by atoms with Crippen LogP contribution in [0.3, 0.4) is 0 Å². The van der Waals surface area contributed by atoms with E-state index < -0.39 is 20.1 Å². The van der Waals surface area contributed by atoms with Gasteiger partial charge in [-0.25, -0.2) is 8.42 Å². The lowest BCUT2D eigenvalue weighted by Crippen LogP contribution is -2.46. The van der Waals surface area contributed by atoms with E-state index in [1.807, 2.05) is 35.2 Å². The van der Waals surface area contributed by atoms with Gasteiger partial charge in [-0.05, 0) is 60.7 Å². The minimum atomic E-state index is -4.44. The molecular formula is C27H29ClN2O5S2. The first-order chi connectivity index (χ1) is 17.6. The van der Waals surface area contributed by atoms with Gasteiger partial charge in [0.05, 0.1) is 15.6 Å². The molecule has 3 aromatic rings. The maximum Gasteiger partial charge on any atom is 0.294 e. The monoisotopic (exact) mass is 560 g/mol. The predicted molar refractivity (Wildman–Crippen MR) is 145 cm³/mol. The van der Waals surface area contributed by atoms with Crippen molar-refractivity contribution in [2.75, 3.05) is 18.5 Å². The summed E-state index contributed by atoms with van der Waals surface area (Å²) >= 11 is 6.74. The van der Waals surface area contributed by atoms with Gasteiger partial charge in [0, 0.05) is 30.9 Å². The number of hydrogen-bond donors (Lipinski definition) is 1. The molecule has 37 heavy (non-hydrogen) atoms. The first kappa shape index (κ1) is 26.2. The lowest BCUT2D eigenvalue weighted by Gasteiger charge is -2.36. The van der Waals surface area contributed by atoms with Gasteiger partial charge in [-0.2, -0.15) is 12.7 Å². The number of nitrogens with zero attached hydrogens (tertiary/aromatic N) is 2. The fourth-order valence-corrected chi connectivity index (χ4v) is 7.96. The third kappa shape index (κ3) is 5.03. The molecule has 0 saturated heterocycles. The molecule has 0 bridgehead atoms. The van der Waals surface area contributed by atoms with Gasteiger partial charge in [-0.3, -0.25) is 4.55 Å². The second kappa shape index (κ2) is 10.0. The highest BCUT2D eigenvalue weighted by molar-refractivity contribution is 7.89. The molecule has 0 radical (unpaired) electrons. The van der Waals surface area contributed by atoms with Crippen molar-refractivity contribution in [3.8, 4) is 11.1 Å². The van der Waals surface area contributed by atoms with Crippen molar-refractivity contribution >= 4 is 43.1 Å². The Balaban J connectivity index is 1.71. The highest BCUT2D eigenvalue weighted by atomic mass is 35.5. The van der Waals surface area contributed by atoms with Gasteiger partial charge < -0.3 is 4.90 Å². The van der Waals surface area contributed by atoms with E-state index in [2.05, 4.69) is 0 Å². The standard InChI is InChI=1S/C27H29ClN2O5S2/c1-29-26(19-9-4-2-5-10-19)18-30(21-12-6-3-7-13-21)25-17-24(28)23(16-27(25)36(29,31)32)20-11-8-14-22(15-20)37(33,34)35/h3,6-8,11-17,19,26H,2,4-5,9-10,18H2,1H3,(H,33,34,35)/t26-/m0/s1. The van der Waals surface area contributed by atoms with Gasteiger partial charge in [-0.1, -0.05) is 61.2 Å². The van der Waals surface area contributed by atoms with Crippen LogP contribution in [0.4, 0.5) is 11.4 Å². The maximum absolute atomic E-state index is 14.1. The number of para-hydroxylation sites is 1. The molecule has 1 N–H and O–H groups in total. The molecule has 0 unspecified atom stereocenters. The fraction of sp³-hybridized carbons (Fsp3) is 0.333. The first-order valence-electron chi connectivity index (χ1n) is 12.3. The first-order valence-corrected chi connectivity index (χ1v) is 15.6. The van der Waals surface area contributed by atoms with Crippen LogP contribution in [0.25, 0.3) is 11.1 Å². The molecule has 0 aromatic heterocycles. The van der Waals surface area contributed by atoms with Crippen LogP contribution in [0.1, 0.15) is 32.1 Å². The van der Waals surface area contributed by atoms with E-state index >= 15 is 0 Å². The van der Waals surface area contributed by atoms with Crippen molar-refractivity contribution in [3.63, 3.8) is 0 Å². The molecule has 2 aliphatic rings. The Labute approximate surface area is 223 Å². The second-order valence-corrected chi connectivity index (χ2v) is 13.5. The van der Waals surface area contributed by atoms with E-state index in [0.717, 1.165) is 31.4 Å². The molecule has 0 spiro atoms. The molecule has 1 fully saturated rings. The van der Waals surface area contributed by atoms with Crippen molar-refractivity contribution < 1.29 is 21.4 Å². The van der Waals surface area contributed by atoms with E-state index in [9.17, 15) is 21.4 Å². The van der Waals surface area contributed by atoms with Crippen LogP contribution in [-0.2, 0) is 20.1 Å². The second-order valence-electron chi connectivity index (χ2n) is 9.74. The van der Waals surface area contributed by atoms with Crippen molar-refractivity contribution in [1.82, 2.24) is 4.31 Å². The van der Waals surface area contributed by atoms with Gasteiger partial charge >= 0.3 is 0 Å². The van der Waals surface area contributed by atoms with Gasteiger partial charge in [0.15, 0.2) is 0 Å². The molecule has 1 aliphatic heterocycles. The predicted octanol–water partition coefficient (Wildman–Crippen LogP) is 5.97. The summed E-state index contributed by atoms with van der Waals surface area (Å²) in [6.45, 7) is 0.491. The quantitative estimate of drug-likeness (QED) is 0.395. The van der Waals surface area contributed by atoms with Gasteiger partial charge in [0.2, 0.25) is 10.0 Å². The van der Waals surface area contributed by atoms with Gasteiger partial charge in [0.1, 0.15) is 4.90 Å². The lowest BCUT2D eigenvalue weighted by molar-refractivity contribution is 0.218. The number of likely N-dealkylation sites (N-methyl/N-ethyl adjacent to an activating group) is 1. The number of sulfonamides is 1. The minimum Gasteiger partial charge on any atom is -0.339 e. The van der Waals surface area contributed by atoms with Crippen LogP contribution >= 0.6 is 11.6 Å². The Bertz CT molecular complexity index is 1520. The Hall–Kier alpha value is -2.43. The summed E-state index contributed by atoms with van der Waals surface area (Å²) in [5.74, 6) is 0.246. The topological polar surface area (TPSA) is 95.0 Å². The third-order valence-electron chi connectivity index (χ3n) is 7.54. The van der Waals surface area contributed by atoms with E-state index in [0.29, 0.717) is 23.4 Å². The smallest absolute Gasteiger partial charge is 0.294 e. The molecule has 196 valence electrons. The molecule has 7 nitrogen and oxygen atoms in total. The summed E-state index contributed by atoms with van der Waals surface area (Å²) in [6, 6.07) is 18.3. The highest BCUT2D eigenvalue weighted by Gasteiger charge is 2.41. The van der Waals surface area contributed by atoms with E-state index in [4.69, 9.17) is 11.6 Å². The summed E-state index contributed by atoms with van der Waals surface area (Å²) in [6.07, 6.45) is 5.32. The number of halogens is 1. The van der Waals surface area contributed by atoms with Crippen LogP contribution in [-0.4, -0.2) is 45.3 Å². The summed E-state index contributed by atoms with van der Waals surface area (Å²) in [5, 5.41) is 0.279. The Morgan fingerprint density at radius 2 is 1.65 bits per heavy atom. The van der Waals surface area contributed by atoms with Crippen molar-refractivity contribution in [1.29, 1.82) is 0 Å². The average molecular weight is 561 g/mol. The van der Waals surface area contributed by atoms with E-state index in [-0.39, 0.29) is 26.8 Å². The molecule has 1 heterocycles. The normalized spacial score (nSPS) is 20.8. The zero-order valence-corrected chi connectivity index (χ0v) is 22.8. The Morgan fingerprint density at radius 3 is 2.32 bits per heavy atom. The number of fused-ring (bicyclic) bond motifs is 1. The summed E-state index contributed by atoms with van der Waals surface area (Å²) in [5.41, 5.74) is 2.11. The van der Waals surface area contributed by atoms with Crippen molar-refractivity contribution in [3.05, 3.63) is 71.8 Å². The molecular weight excluding hydrogens is 532 g/mol. The Morgan fingerprint density at radius 1 is 0.946 bits per heavy atom. The SMILES string of the molecule is CN1[C@H](C2CCCCC2)CN(c2ccccc2)c2cc(Cl)c(-c3cccc(S(=O)(=O)O)c3)cc2S1(=O)=O. The zero-order valence-electron chi connectivity index (χ0n) is 20.4. The van der Waals surface area contributed by atoms with Crippen LogP contribution in [0, 0.1) is 5.92 Å². The van der Waals surface area contributed by atoms with Crippen LogP contribution < -0.4 is 4.90 Å². The molecule has 10 heteroatoms. The third-order valence-corrected chi connectivity index (χ3v) is 10.6. The average Bonchev–Trinajstić information content (AvgIpc) is 2.97. The van der Waals surface area contributed by atoms with Crippen LogP contribution in [0.2, 0.25) is 5.02 Å². The lowest BCUT2D eigenvalue weighted by atomic mass is 9.83. The van der Waals surface area contributed by atoms with E-state index in [1.54, 1.807) is 19.2 Å². The number of hydrogen-bond acceptors (Lipinski definition) is 5. The highest BCUT2D eigenvalue weighted by Crippen LogP contribution is 2.44. The number of anilines is 2.